The van der Waals surface area contributed by atoms with E-state index in [2.05, 4.69) is 9.62 Å². The molecule has 0 bridgehead atoms. The lowest BCUT2D eigenvalue weighted by Crippen LogP contribution is -2.41. The van der Waals surface area contributed by atoms with Crippen LogP contribution in [0.2, 0.25) is 0 Å². The Balaban J connectivity index is 1.61. The van der Waals surface area contributed by atoms with E-state index >= 15 is 0 Å². The molecule has 0 saturated carbocycles. The van der Waals surface area contributed by atoms with Gasteiger partial charge in [-0.3, -0.25) is 9.69 Å². The molecule has 2 fully saturated rings. The van der Waals surface area contributed by atoms with Crippen LogP contribution in [0.4, 0.5) is 0 Å². The van der Waals surface area contributed by atoms with Crippen molar-refractivity contribution in [3.63, 3.8) is 0 Å². The number of nitrogens with one attached hydrogen (secondary N) is 1. The predicted molar refractivity (Wildman–Crippen MR) is 94.0 cm³/mol. The monoisotopic (exact) mass is 367 g/mol. The summed E-state index contributed by atoms with van der Waals surface area (Å²) in [6, 6.07) is 6.29. The topological polar surface area (TPSA) is 79.0 Å². The lowest BCUT2D eigenvalue weighted by atomic mass is 10.2. The molecule has 0 aromatic heterocycles. The molecular weight excluding hydrogens is 342 g/mol. The molecular formula is C17H25N3O4S. The standard InChI is InChI=1S/C17H25N3O4S/c21-17(20-7-1-2-8-20)15-4-3-5-16(14-15)25(22,23)18-6-9-19-10-12-24-13-11-19/h3-5,14,18H,1-2,6-13H2. The van der Waals surface area contributed by atoms with Crippen LogP contribution in [-0.4, -0.2) is 76.6 Å². The summed E-state index contributed by atoms with van der Waals surface area (Å²) in [7, 11) is -3.62. The first-order valence-electron chi connectivity index (χ1n) is 8.75. The highest BCUT2D eigenvalue weighted by Gasteiger charge is 2.22. The molecule has 0 aliphatic carbocycles. The van der Waals surface area contributed by atoms with E-state index in [0.29, 0.717) is 31.9 Å². The molecule has 7 nitrogen and oxygen atoms in total. The van der Waals surface area contributed by atoms with Gasteiger partial charge in [0.05, 0.1) is 18.1 Å². The van der Waals surface area contributed by atoms with Crippen molar-refractivity contribution in [3.05, 3.63) is 29.8 Å². The fraction of sp³-hybridized carbons (Fsp3) is 0.588. The minimum absolute atomic E-state index is 0.0946. The number of carbonyl (C=O) groups excluding carboxylic acids is 1. The molecule has 8 heteroatoms. The fourth-order valence-corrected chi connectivity index (χ4v) is 4.21. The van der Waals surface area contributed by atoms with Gasteiger partial charge in [-0.05, 0) is 31.0 Å². The maximum Gasteiger partial charge on any atom is 0.253 e. The molecule has 2 saturated heterocycles. The van der Waals surface area contributed by atoms with Crippen molar-refractivity contribution in [2.24, 2.45) is 0 Å². The van der Waals surface area contributed by atoms with Crippen molar-refractivity contribution in [1.29, 1.82) is 0 Å². The molecule has 1 aromatic rings. The summed E-state index contributed by atoms with van der Waals surface area (Å²) >= 11 is 0. The van der Waals surface area contributed by atoms with Gasteiger partial charge in [-0.15, -0.1) is 0 Å². The summed E-state index contributed by atoms with van der Waals surface area (Å²) < 4.78 is 32.9. The van der Waals surface area contributed by atoms with Gasteiger partial charge in [0, 0.05) is 44.8 Å². The average Bonchev–Trinajstić information content (AvgIpc) is 3.17. The summed E-state index contributed by atoms with van der Waals surface area (Å²) in [5, 5.41) is 0. The first-order valence-corrected chi connectivity index (χ1v) is 10.2. The van der Waals surface area contributed by atoms with Crippen LogP contribution in [0, 0.1) is 0 Å². The van der Waals surface area contributed by atoms with Crippen molar-refractivity contribution in [2.45, 2.75) is 17.7 Å². The molecule has 25 heavy (non-hydrogen) atoms. The van der Waals surface area contributed by atoms with Crippen molar-refractivity contribution >= 4 is 15.9 Å². The molecule has 2 heterocycles. The lowest BCUT2D eigenvalue weighted by molar-refractivity contribution is 0.0390. The second kappa shape index (κ2) is 8.27. The number of rotatable bonds is 6. The highest BCUT2D eigenvalue weighted by Crippen LogP contribution is 2.16. The van der Waals surface area contributed by atoms with Gasteiger partial charge in [-0.2, -0.15) is 0 Å². The lowest BCUT2D eigenvalue weighted by Gasteiger charge is -2.26. The highest BCUT2D eigenvalue weighted by atomic mass is 32.2. The molecule has 0 atom stereocenters. The summed E-state index contributed by atoms with van der Waals surface area (Å²) in [4.78, 5) is 16.5. The minimum atomic E-state index is -3.62. The fourth-order valence-electron chi connectivity index (χ4n) is 3.15. The van der Waals surface area contributed by atoms with Gasteiger partial charge >= 0.3 is 0 Å². The van der Waals surface area contributed by atoms with Crippen LogP contribution < -0.4 is 4.72 Å². The molecule has 0 spiro atoms. The van der Waals surface area contributed by atoms with Crippen LogP contribution >= 0.6 is 0 Å². The van der Waals surface area contributed by atoms with Crippen LogP contribution in [0.25, 0.3) is 0 Å². The van der Waals surface area contributed by atoms with Crippen molar-refractivity contribution in [2.75, 3.05) is 52.5 Å². The van der Waals surface area contributed by atoms with Crippen LogP contribution in [0.15, 0.2) is 29.2 Å². The van der Waals surface area contributed by atoms with Gasteiger partial charge in [0.2, 0.25) is 10.0 Å². The third-order valence-corrected chi connectivity index (χ3v) is 6.07. The molecule has 1 amide bonds. The van der Waals surface area contributed by atoms with E-state index in [0.717, 1.165) is 39.0 Å². The number of likely N-dealkylation sites (tertiary alicyclic amines) is 1. The van der Waals surface area contributed by atoms with Crippen LogP contribution in [0.3, 0.4) is 0 Å². The largest absolute Gasteiger partial charge is 0.379 e. The van der Waals surface area contributed by atoms with Crippen molar-refractivity contribution in [3.8, 4) is 0 Å². The van der Waals surface area contributed by atoms with E-state index in [1.807, 2.05) is 0 Å². The number of morpholine rings is 1. The number of carbonyl (C=O) groups is 1. The molecule has 0 radical (unpaired) electrons. The van der Waals surface area contributed by atoms with Crippen LogP contribution in [0.5, 0.6) is 0 Å². The van der Waals surface area contributed by atoms with Crippen molar-refractivity contribution in [1.82, 2.24) is 14.5 Å². The van der Waals surface area contributed by atoms with Gasteiger partial charge in [-0.1, -0.05) is 6.07 Å². The number of benzene rings is 1. The van der Waals surface area contributed by atoms with Gasteiger partial charge in [0.1, 0.15) is 0 Å². The zero-order valence-corrected chi connectivity index (χ0v) is 15.1. The SMILES string of the molecule is O=C(c1cccc(S(=O)(=O)NCCN2CCOCC2)c1)N1CCCC1. The number of sulfonamides is 1. The quantitative estimate of drug-likeness (QED) is 0.794. The molecule has 1 aromatic carbocycles. The first kappa shape index (κ1) is 18.3. The van der Waals surface area contributed by atoms with E-state index in [1.165, 1.54) is 12.1 Å². The second-order valence-electron chi connectivity index (χ2n) is 6.38. The van der Waals surface area contributed by atoms with E-state index in [4.69, 9.17) is 4.74 Å². The van der Waals surface area contributed by atoms with Gasteiger partial charge in [0.25, 0.3) is 5.91 Å². The highest BCUT2D eigenvalue weighted by molar-refractivity contribution is 7.89. The Kier molecular flexibility index (Phi) is 6.06. The van der Waals surface area contributed by atoms with Crippen LogP contribution in [0.1, 0.15) is 23.2 Å². The van der Waals surface area contributed by atoms with Crippen molar-refractivity contribution < 1.29 is 17.9 Å². The summed E-state index contributed by atoms with van der Waals surface area (Å²) in [5.41, 5.74) is 0.429. The number of ether oxygens (including phenoxy) is 1. The summed E-state index contributed by atoms with van der Waals surface area (Å²) in [6.07, 6.45) is 2.01. The Morgan fingerprint density at radius 1 is 1.12 bits per heavy atom. The normalized spacial score (nSPS) is 19.3. The Labute approximate surface area is 149 Å². The van der Waals surface area contributed by atoms with Gasteiger partial charge < -0.3 is 9.64 Å². The second-order valence-corrected chi connectivity index (χ2v) is 8.15. The zero-order chi connectivity index (χ0) is 17.7. The van der Waals surface area contributed by atoms with E-state index < -0.39 is 10.0 Å². The number of hydrogen-bond donors (Lipinski definition) is 1. The number of amides is 1. The third kappa shape index (κ3) is 4.78. The van der Waals surface area contributed by atoms with Gasteiger partial charge in [-0.25, -0.2) is 13.1 Å². The van der Waals surface area contributed by atoms with Crippen LogP contribution in [-0.2, 0) is 14.8 Å². The minimum Gasteiger partial charge on any atom is -0.379 e. The van der Waals surface area contributed by atoms with E-state index in [1.54, 1.807) is 17.0 Å². The first-order chi connectivity index (χ1) is 12.1. The number of nitrogens with zero attached hydrogens (tertiary/aromatic N) is 2. The Hall–Kier alpha value is -1.48. The molecule has 138 valence electrons. The summed E-state index contributed by atoms with van der Waals surface area (Å²) in [5.74, 6) is -0.0946. The Morgan fingerprint density at radius 2 is 1.84 bits per heavy atom. The molecule has 0 unspecified atom stereocenters. The summed E-state index contributed by atoms with van der Waals surface area (Å²) in [6.45, 7) is 5.49. The smallest absolute Gasteiger partial charge is 0.253 e. The Morgan fingerprint density at radius 3 is 2.56 bits per heavy atom. The molecule has 2 aliphatic rings. The van der Waals surface area contributed by atoms with E-state index in [9.17, 15) is 13.2 Å². The van der Waals surface area contributed by atoms with Gasteiger partial charge in [0.15, 0.2) is 0 Å². The molecule has 1 N–H and O–H groups in total. The Bertz CT molecular complexity index is 696. The zero-order valence-electron chi connectivity index (χ0n) is 14.3. The molecule has 3 rings (SSSR count). The maximum absolute atomic E-state index is 12.5. The third-order valence-electron chi connectivity index (χ3n) is 4.61. The maximum atomic E-state index is 12.5. The molecule has 2 aliphatic heterocycles. The average molecular weight is 367 g/mol. The predicted octanol–water partition coefficient (Wildman–Crippen LogP) is 0.533. The number of hydrogen-bond acceptors (Lipinski definition) is 5. The van der Waals surface area contributed by atoms with E-state index in [-0.39, 0.29) is 10.8 Å².